The van der Waals surface area contributed by atoms with Crippen molar-refractivity contribution in [1.82, 2.24) is 5.43 Å². The van der Waals surface area contributed by atoms with Crippen molar-refractivity contribution in [1.29, 1.82) is 0 Å². The molecule has 0 atom stereocenters. The van der Waals surface area contributed by atoms with Crippen molar-refractivity contribution in [2.45, 2.75) is 13.3 Å². The lowest BCUT2D eigenvalue weighted by atomic mass is 10.1. The Morgan fingerprint density at radius 3 is 2.57 bits per heavy atom. The average molecular weight is 282 g/mol. The Kier molecular flexibility index (Phi) is 5.10. The molecule has 0 aliphatic heterocycles. The van der Waals surface area contributed by atoms with E-state index in [0.717, 1.165) is 12.0 Å². The van der Waals surface area contributed by atoms with E-state index in [-0.39, 0.29) is 5.91 Å². The maximum atomic E-state index is 11.9. The molecule has 0 bridgehead atoms. The van der Waals surface area contributed by atoms with Crippen molar-refractivity contribution in [2.24, 2.45) is 5.10 Å². The highest BCUT2D eigenvalue weighted by molar-refractivity contribution is 5.95. The molecule has 21 heavy (non-hydrogen) atoms. The van der Waals surface area contributed by atoms with E-state index in [9.17, 15) is 4.79 Å². The molecule has 0 aromatic heterocycles. The minimum atomic E-state index is -0.233. The Bertz CT molecular complexity index is 633. The SMILES string of the molecule is CCc1ccc(C(=O)N/N=C\c2ccccc2OC)cc1. The van der Waals surface area contributed by atoms with Gasteiger partial charge in [-0.15, -0.1) is 0 Å². The number of para-hydroxylation sites is 1. The van der Waals surface area contributed by atoms with E-state index in [1.807, 2.05) is 36.4 Å². The number of benzene rings is 2. The first-order chi connectivity index (χ1) is 10.2. The summed E-state index contributed by atoms with van der Waals surface area (Å²) in [5.74, 6) is 0.478. The predicted molar refractivity (Wildman–Crippen MR) is 83.9 cm³/mol. The van der Waals surface area contributed by atoms with E-state index in [0.29, 0.717) is 11.3 Å². The number of hydrogen-bond donors (Lipinski definition) is 1. The minimum Gasteiger partial charge on any atom is -0.496 e. The summed E-state index contributed by atoms with van der Waals surface area (Å²) < 4.78 is 5.21. The molecule has 0 spiro atoms. The van der Waals surface area contributed by atoms with Gasteiger partial charge in [0.1, 0.15) is 5.75 Å². The van der Waals surface area contributed by atoms with Crippen LogP contribution in [0.15, 0.2) is 53.6 Å². The lowest BCUT2D eigenvalue weighted by Gasteiger charge is -2.03. The molecule has 1 amide bonds. The first-order valence-corrected chi connectivity index (χ1v) is 6.80. The van der Waals surface area contributed by atoms with Gasteiger partial charge in [0.05, 0.1) is 13.3 Å². The highest BCUT2D eigenvalue weighted by atomic mass is 16.5. The van der Waals surface area contributed by atoms with Gasteiger partial charge in [0, 0.05) is 11.1 Å². The second kappa shape index (κ2) is 7.24. The molecule has 0 radical (unpaired) electrons. The number of methoxy groups -OCH3 is 1. The van der Waals surface area contributed by atoms with Gasteiger partial charge in [-0.3, -0.25) is 4.79 Å². The molecule has 1 N–H and O–H groups in total. The highest BCUT2D eigenvalue weighted by Gasteiger charge is 2.03. The summed E-state index contributed by atoms with van der Waals surface area (Å²) in [7, 11) is 1.60. The van der Waals surface area contributed by atoms with Crippen molar-refractivity contribution in [3.05, 3.63) is 65.2 Å². The number of nitrogens with zero attached hydrogens (tertiary/aromatic N) is 1. The standard InChI is InChI=1S/C17H18N2O2/c1-3-13-8-10-14(11-9-13)17(20)19-18-12-15-6-4-5-7-16(15)21-2/h4-12H,3H2,1-2H3,(H,19,20)/b18-12-. The smallest absolute Gasteiger partial charge is 0.271 e. The van der Waals surface area contributed by atoms with Crippen LogP contribution < -0.4 is 10.2 Å². The Hall–Kier alpha value is -2.62. The normalized spacial score (nSPS) is 10.6. The van der Waals surface area contributed by atoms with Crippen LogP contribution in [-0.4, -0.2) is 19.2 Å². The summed E-state index contributed by atoms with van der Waals surface area (Å²) in [4.78, 5) is 11.9. The van der Waals surface area contributed by atoms with E-state index in [1.165, 1.54) is 5.56 Å². The molecule has 2 aromatic rings. The molecular formula is C17H18N2O2. The van der Waals surface area contributed by atoms with Crippen LogP contribution >= 0.6 is 0 Å². The van der Waals surface area contributed by atoms with Crippen LogP contribution in [0.5, 0.6) is 5.75 Å². The Morgan fingerprint density at radius 2 is 1.90 bits per heavy atom. The lowest BCUT2D eigenvalue weighted by Crippen LogP contribution is -2.17. The van der Waals surface area contributed by atoms with Gasteiger partial charge in [-0.2, -0.15) is 5.10 Å². The van der Waals surface area contributed by atoms with Crippen molar-refractivity contribution in [3.8, 4) is 5.75 Å². The molecule has 0 unspecified atom stereocenters. The fourth-order valence-electron chi connectivity index (χ4n) is 1.89. The van der Waals surface area contributed by atoms with Crippen molar-refractivity contribution in [3.63, 3.8) is 0 Å². The molecule has 2 aromatic carbocycles. The summed E-state index contributed by atoms with van der Waals surface area (Å²) in [5, 5.41) is 3.96. The van der Waals surface area contributed by atoms with Gasteiger partial charge in [0.25, 0.3) is 5.91 Å². The van der Waals surface area contributed by atoms with E-state index in [2.05, 4.69) is 17.5 Å². The van der Waals surface area contributed by atoms with Gasteiger partial charge >= 0.3 is 0 Å². The fraction of sp³-hybridized carbons (Fsp3) is 0.176. The van der Waals surface area contributed by atoms with Crippen LogP contribution in [0.3, 0.4) is 0 Å². The first kappa shape index (κ1) is 14.8. The third kappa shape index (κ3) is 3.92. The van der Waals surface area contributed by atoms with Gasteiger partial charge in [-0.1, -0.05) is 31.2 Å². The molecular weight excluding hydrogens is 264 g/mol. The number of hydrazone groups is 1. The van der Waals surface area contributed by atoms with Gasteiger partial charge in [0.2, 0.25) is 0 Å². The van der Waals surface area contributed by atoms with Gasteiger partial charge < -0.3 is 4.74 Å². The molecule has 0 saturated heterocycles. The van der Waals surface area contributed by atoms with Crippen molar-refractivity contribution in [2.75, 3.05) is 7.11 Å². The summed E-state index contributed by atoms with van der Waals surface area (Å²) in [6.45, 7) is 2.08. The number of hydrogen-bond acceptors (Lipinski definition) is 3. The summed E-state index contributed by atoms with van der Waals surface area (Å²) in [5.41, 5.74) is 5.10. The van der Waals surface area contributed by atoms with E-state index >= 15 is 0 Å². The van der Waals surface area contributed by atoms with Gasteiger partial charge in [-0.05, 0) is 36.2 Å². The van der Waals surface area contributed by atoms with Crippen LogP contribution in [0.2, 0.25) is 0 Å². The zero-order valence-electron chi connectivity index (χ0n) is 12.2. The largest absolute Gasteiger partial charge is 0.496 e. The molecule has 2 rings (SSSR count). The fourth-order valence-corrected chi connectivity index (χ4v) is 1.89. The minimum absolute atomic E-state index is 0.233. The van der Waals surface area contributed by atoms with Crippen LogP contribution in [0.4, 0.5) is 0 Å². The van der Waals surface area contributed by atoms with Gasteiger partial charge in [0.15, 0.2) is 0 Å². The molecule has 0 fully saturated rings. The molecule has 108 valence electrons. The number of carbonyl (C=O) groups is 1. The molecule has 0 aliphatic rings. The molecule has 0 saturated carbocycles. The third-order valence-electron chi connectivity index (χ3n) is 3.13. The number of rotatable bonds is 5. The van der Waals surface area contributed by atoms with Crippen molar-refractivity contribution < 1.29 is 9.53 Å². The second-order valence-corrected chi connectivity index (χ2v) is 4.49. The van der Waals surface area contributed by atoms with Crippen LogP contribution in [0, 0.1) is 0 Å². The topological polar surface area (TPSA) is 50.7 Å². The van der Waals surface area contributed by atoms with E-state index in [4.69, 9.17) is 4.74 Å². The zero-order chi connectivity index (χ0) is 15.1. The maximum absolute atomic E-state index is 11.9. The van der Waals surface area contributed by atoms with Crippen molar-refractivity contribution >= 4 is 12.1 Å². The number of carbonyl (C=O) groups excluding carboxylic acids is 1. The summed E-state index contributed by atoms with van der Waals surface area (Å²) >= 11 is 0. The highest BCUT2D eigenvalue weighted by Crippen LogP contribution is 2.14. The molecule has 0 aliphatic carbocycles. The Labute approximate surface area is 124 Å². The molecule has 4 nitrogen and oxygen atoms in total. The quantitative estimate of drug-likeness (QED) is 0.677. The summed E-state index contributed by atoms with van der Waals surface area (Å²) in [6, 6.07) is 15.0. The number of aryl methyl sites for hydroxylation is 1. The molecule has 0 heterocycles. The predicted octanol–water partition coefficient (Wildman–Crippen LogP) is 3.02. The number of ether oxygens (including phenoxy) is 1. The van der Waals surface area contributed by atoms with Crippen LogP contribution in [-0.2, 0) is 6.42 Å². The first-order valence-electron chi connectivity index (χ1n) is 6.80. The Morgan fingerprint density at radius 1 is 1.19 bits per heavy atom. The monoisotopic (exact) mass is 282 g/mol. The average Bonchev–Trinajstić information content (AvgIpc) is 2.55. The van der Waals surface area contributed by atoms with Crippen LogP contribution in [0.25, 0.3) is 0 Å². The summed E-state index contributed by atoms with van der Waals surface area (Å²) in [6.07, 6.45) is 2.52. The lowest BCUT2D eigenvalue weighted by molar-refractivity contribution is 0.0955. The second-order valence-electron chi connectivity index (χ2n) is 4.49. The van der Waals surface area contributed by atoms with Gasteiger partial charge in [-0.25, -0.2) is 5.43 Å². The third-order valence-corrected chi connectivity index (χ3v) is 3.13. The van der Waals surface area contributed by atoms with E-state index < -0.39 is 0 Å². The van der Waals surface area contributed by atoms with E-state index in [1.54, 1.807) is 25.5 Å². The van der Waals surface area contributed by atoms with Crippen LogP contribution in [0.1, 0.15) is 28.4 Å². The number of nitrogens with one attached hydrogen (secondary N) is 1. The molecule has 4 heteroatoms. The maximum Gasteiger partial charge on any atom is 0.271 e. The number of amides is 1. The zero-order valence-corrected chi connectivity index (χ0v) is 12.2. The Balaban J connectivity index is 2.01.